The second-order valence-corrected chi connectivity index (χ2v) is 23.0. The van der Waals surface area contributed by atoms with Gasteiger partial charge in [-0.05, 0) is 140 Å². The van der Waals surface area contributed by atoms with Crippen molar-refractivity contribution in [3.05, 3.63) is 173 Å². The van der Waals surface area contributed by atoms with Gasteiger partial charge in [0.15, 0.2) is 0 Å². The maximum atomic E-state index is 7.37. The molecule has 9 aromatic rings. The Hall–Kier alpha value is -6.72. The van der Waals surface area contributed by atoms with E-state index in [1.54, 1.807) is 0 Å². The third kappa shape index (κ3) is 6.95. The van der Waals surface area contributed by atoms with Crippen LogP contribution in [0, 0.1) is 13.8 Å². The van der Waals surface area contributed by atoms with Crippen molar-refractivity contribution in [2.75, 3.05) is 9.80 Å². The normalized spacial score (nSPS) is 13.7. The summed E-state index contributed by atoms with van der Waals surface area (Å²) in [5.41, 5.74) is 23.5. The van der Waals surface area contributed by atoms with E-state index < -0.39 is 0 Å². The van der Waals surface area contributed by atoms with Gasteiger partial charge in [-0.15, -0.1) is 0 Å². The maximum Gasteiger partial charge on any atom is 0.257 e. The first-order valence-corrected chi connectivity index (χ1v) is 24.5. The number of anilines is 6. The van der Waals surface area contributed by atoms with Gasteiger partial charge in [-0.3, -0.25) is 4.90 Å². The molecule has 2 aliphatic rings. The van der Waals surface area contributed by atoms with Gasteiger partial charge in [-0.25, -0.2) is 0 Å². The molecule has 0 radical (unpaired) electrons. The van der Waals surface area contributed by atoms with Crippen molar-refractivity contribution in [2.24, 2.45) is 0 Å². The van der Waals surface area contributed by atoms with Gasteiger partial charge < -0.3 is 13.7 Å². The Labute approximate surface area is 403 Å². The largest absolute Gasteiger partial charge is 0.464 e. The molecular formula is C63H63BN2O2. The Morgan fingerprint density at radius 3 is 1.79 bits per heavy atom. The summed E-state index contributed by atoms with van der Waals surface area (Å²) in [5, 5.41) is 2.27. The van der Waals surface area contributed by atoms with Gasteiger partial charge >= 0.3 is 0 Å². The topological polar surface area (TPSA) is 32.8 Å². The van der Waals surface area contributed by atoms with Crippen LogP contribution in [0.4, 0.5) is 34.3 Å². The zero-order valence-corrected chi connectivity index (χ0v) is 42.1. The fraction of sp³-hybridized carbons (Fsp3) is 0.270. The smallest absolute Gasteiger partial charge is 0.257 e. The van der Waals surface area contributed by atoms with E-state index in [1.165, 1.54) is 78.0 Å². The highest BCUT2D eigenvalue weighted by molar-refractivity contribution is 7.01. The molecule has 0 bridgehead atoms. The lowest BCUT2D eigenvalue weighted by atomic mass is 9.33. The van der Waals surface area contributed by atoms with E-state index >= 15 is 0 Å². The molecular weight excluding hydrogens is 828 g/mol. The lowest BCUT2D eigenvalue weighted by Gasteiger charge is -2.44. The van der Waals surface area contributed by atoms with Gasteiger partial charge in [-0.1, -0.05) is 161 Å². The first-order chi connectivity index (χ1) is 32.3. The predicted octanol–water partition coefficient (Wildman–Crippen LogP) is 16.2. The van der Waals surface area contributed by atoms with Crippen molar-refractivity contribution in [3.63, 3.8) is 0 Å². The molecule has 68 heavy (non-hydrogen) atoms. The number of nitrogens with zero attached hydrogens (tertiary/aromatic N) is 2. The van der Waals surface area contributed by atoms with Gasteiger partial charge in [0.25, 0.3) is 6.71 Å². The van der Waals surface area contributed by atoms with Crippen LogP contribution in [0.15, 0.2) is 149 Å². The molecule has 0 saturated carbocycles. The van der Waals surface area contributed by atoms with E-state index in [-0.39, 0.29) is 28.9 Å². The van der Waals surface area contributed by atoms with Crippen LogP contribution in [0.5, 0.6) is 0 Å². The fourth-order valence-corrected chi connectivity index (χ4v) is 11.0. The molecule has 5 heteroatoms. The van der Waals surface area contributed by atoms with E-state index in [9.17, 15) is 0 Å². The molecule has 0 N–H and O–H groups in total. The molecule has 0 unspecified atom stereocenters. The van der Waals surface area contributed by atoms with Crippen molar-refractivity contribution in [3.8, 4) is 22.3 Å². The van der Waals surface area contributed by atoms with Crippen molar-refractivity contribution in [1.82, 2.24) is 0 Å². The zero-order valence-electron chi connectivity index (χ0n) is 42.1. The third-order valence-electron chi connectivity index (χ3n) is 14.8. The first kappa shape index (κ1) is 43.8. The van der Waals surface area contributed by atoms with E-state index in [1.807, 2.05) is 12.3 Å². The van der Waals surface area contributed by atoms with Crippen LogP contribution in [0.1, 0.15) is 115 Å². The number of hydrogen-bond acceptors (Lipinski definition) is 4. The van der Waals surface area contributed by atoms with E-state index in [4.69, 9.17) is 8.83 Å². The lowest BCUT2D eigenvalue weighted by molar-refractivity contribution is 0.588. The van der Waals surface area contributed by atoms with E-state index in [2.05, 4.69) is 227 Å². The van der Waals surface area contributed by atoms with Crippen molar-refractivity contribution in [1.29, 1.82) is 0 Å². The van der Waals surface area contributed by atoms with Crippen molar-refractivity contribution >= 4 is 79.4 Å². The Morgan fingerprint density at radius 2 is 1.12 bits per heavy atom. The highest BCUT2D eigenvalue weighted by Crippen LogP contribution is 2.51. The Bertz CT molecular complexity index is 3450. The summed E-state index contributed by atoms with van der Waals surface area (Å²) in [6.07, 6.45) is 1.93. The van der Waals surface area contributed by atoms with Crippen molar-refractivity contribution in [2.45, 2.75) is 112 Å². The van der Waals surface area contributed by atoms with E-state index in [0.29, 0.717) is 0 Å². The fourth-order valence-electron chi connectivity index (χ4n) is 11.0. The average molecular weight is 891 g/mol. The number of benzene rings is 7. The lowest BCUT2D eigenvalue weighted by Crippen LogP contribution is -2.61. The van der Waals surface area contributed by atoms with Gasteiger partial charge in [0.05, 0.1) is 17.6 Å². The van der Waals surface area contributed by atoms with Crippen LogP contribution in [0.25, 0.3) is 44.2 Å². The van der Waals surface area contributed by atoms with Gasteiger partial charge in [0.2, 0.25) is 5.88 Å². The molecule has 4 nitrogen and oxygen atoms in total. The number of aryl methyl sites for hydroxylation is 2. The molecule has 7 aromatic carbocycles. The van der Waals surface area contributed by atoms with Gasteiger partial charge in [-0.2, -0.15) is 0 Å². The van der Waals surface area contributed by atoms with Crippen LogP contribution >= 0.6 is 0 Å². The summed E-state index contributed by atoms with van der Waals surface area (Å²) < 4.78 is 13.6. The van der Waals surface area contributed by atoms with Crippen molar-refractivity contribution < 1.29 is 8.83 Å². The van der Waals surface area contributed by atoms with Gasteiger partial charge in [0.1, 0.15) is 11.2 Å². The van der Waals surface area contributed by atoms with Crippen LogP contribution in [-0.4, -0.2) is 6.71 Å². The van der Waals surface area contributed by atoms with E-state index in [0.717, 1.165) is 50.3 Å². The molecule has 0 saturated heterocycles. The summed E-state index contributed by atoms with van der Waals surface area (Å²) in [6.45, 7) is 29.9. The molecule has 0 aliphatic carbocycles. The zero-order chi connectivity index (χ0) is 47.8. The minimum Gasteiger partial charge on any atom is -0.464 e. The van der Waals surface area contributed by atoms with Gasteiger partial charge in [0, 0.05) is 44.4 Å². The highest BCUT2D eigenvalue weighted by atomic mass is 16.4. The Balaban J connectivity index is 1.30. The molecule has 0 spiro atoms. The summed E-state index contributed by atoms with van der Waals surface area (Å²) in [6, 6.07) is 50.3. The molecule has 0 atom stereocenters. The number of furan rings is 2. The number of hydrogen-bond donors (Lipinski definition) is 0. The molecule has 2 aliphatic heterocycles. The molecule has 0 fully saturated rings. The molecule has 2 aromatic heterocycles. The molecule has 11 rings (SSSR count). The average Bonchev–Trinajstić information content (AvgIpc) is 3.90. The second kappa shape index (κ2) is 15.4. The Kier molecular flexibility index (Phi) is 9.93. The summed E-state index contributed by atoms with van der Waals surface area (Å²) >= 11 is 0. The van der Waals surface area contributed by atoms with Crippen LogP contribution < -0.4 is 26.2 Å². The minimum absolute atomic E-state index is 0.00351. The van der Waals surface area contributed by atoms with Crippen LogP contribution in [-0.2, 0) is 16.2 Å². The van der Waals surface area contributed by atoms with Crippen LogP contribution in [0.2, 0.25) is 0 Å². The first-order valence-electron chi connectivity index (χ1n) is 24.5. The van der Waals surface area contributed by atoms with Crippen LogP contribution in [0.3, 0.4) is 0 Å². The molecule has 4 heterocycles. The second-order valence-electron chi connectivity index (χ2n) is 23.0. The SMILES string of the molecule is Cc1cc(C(C)(C)C)cc(C)c1N1c2cc(C(C)C)cc3c2B(c2ccc(-c4coc5ccccc45)cc2N3c2ccc(C(C)(C)C)cc2-c2ccccc2)c2c1oc1ccc(C(C)(C)C)cc21. The maximum absolute atomic E-state index is 7.37. The molecule has 0 amide bonds. The highest BCUT2D eigenvalue weighted by Gasteiger charge is 2.47. The molecule has 340 valence electrons. The third-order valence-corrected chi connectivity index (χ3v) is 14.8. The predicted molar refractivity (Wildman–Crippen MR) is 291 cm³/mol. The standard InChI is InChI=1S/C63H63BN2O2/c1-37(2)42-32-53-58-54(33-42)66(59-38(3)29-45(30-39(59)4)63(11,12)13)60-57(48-35-44(62(8,9)10)25-28-56(48)68-60)64(58)50-26-23-41(49-36-67-55-22-18-17-21-46(49)55)31-52(50)65(53)51-27-24-43(61(5,6)7)34-47(51)40-19-15-14-16-20-40/h14-37H,1-13H3. The minimum atomic E-state index is -0.131. The number of fused-ring (bicyclic) bond motifs is 7. The quantitative estimate of drug-likeness (QED) is 0.161. The monoisotopic (exact) mass is 890 g/mol. The summed E-state index contributed by atoms with van der Waals surface area (Å²) in [5.74, 6) is 1.14. The summed E-state index contributed by atoms with van der Waals surface area (Å²) in [4.78, 5) is 5.10. The summed E-state index contributed by atoms with van der Waals surface area (Å²) in [7, 11) is 0. The number of para-hydroxylation sites is 1. The number of rotatable bonds is 5. The Morgan fingerprint density at radius 1 is 0.485 bits per heavy atom.